The predicted molar refractivity (Wildman–Crippen MR) is 143 cm³/mol. The Balaban J connectivity index is 1.23. The quantitative estimate of drug-likeness (QED) is 0.349. The molecule has 5 rings (SSSR count). The normalized spacial score (nSPS) is 15.4. The number of benzene rings is 2. The molecule has 0 spiro atoms. The summed E-state index contributed by atoms with van der Waals surface area (Å²) in [7, 11) is -3.61. The number of carbonyl (C=O) groups is 1. The van der Waals surface area contributed by atoms with Crippen molar-refractivity contribution in [2.24, 2.45) is 0 Å². The summed E-state index contributed by atoms with van der Waals surface area (Å²) in [4.78, 5) is 25.2. The van der Waals surface area contributed by atoms with E-state index < -0.39 is 10.0 Å². The fraction of sp³-hybridized carbons (Fsp3) is 0.320. The number of nitrogens with one attached hydrogen (secondary N) is 2. The van der Waals surface area contributed by atoms with Crippen LogP contribution in [0.15, 0.2) is 40.6 Å². The monoisotopic (exact) mass is 543 g/mol. The lowest BCUT2D eigenvalue weighted by Crippen LogP contribution is -2.37. The van der Waals surface area contributed by atoms with Gasteiger partial charge in [0.1, 0.15) is 5.69 Å². The van der Waals surface area contributed by atoms with Crippen molar-refractivity contribution in [3.63, 3.8) is 0 Å². The number of aromatic nitrogens is 3. The second-order valence-corrected chi connectivity index (χ2v) is 12.4. The van der Waals surface area contributed by atoms with E-state index in [1.54, 1.807) is 17.5 Å². The van der Waals surface area contributed by atoms with Crippen molar-refractivity contribution >= 4 is 55.8 Å². The van der Waals surface area contributed by atoms with Crippen LogP contribution in [-0.2, 0) is 10.0 Å². The number of halogens is 1. The summed E-state index contributed by atoms with van der Waals surface area (Å²) in [6, 6.07) is 8.82. The number of aromatic amines is 1. The number of fused-ring (bicyclic) bond motifs is 1. The van der Waals surface area contributed by atoms with Gasteiger partial charge in [0.15, 0.2) is 0 Å². The van der Waals surface area contributed by atoms with E-state index in [9.17, 15) is 13.2 Å². The molecule has 1 aliphatic rings. The molecule has 0 aliphatic carbocycles. The molecular weight excluding hydrogens is 518 g/mol. The molecule has 2 aromatic heterocycles. The van der Waals surface area contributed by atoms with Gasteiger partial charge in [-0.2, -0.15) is 4.31 Å². The molecule has 1 amide bonds. The molecule has 0 bridgehead atoms. The van der Waals surface area contributed by atoms with Crippen LogP contribution in [0.4, 0.5) is 5.95 Å². The first-order valence-electron chi connectivity index (χ1n) is 11.6. The van der Waals surface area contributed by atoms with E-state index in [-0.39, 0.29) is 16.7 Å². The smallest absolute Gasteiger partial charge is 0.277 e. The van der Waals surface area contributed by atoms with Gasteiger partial charge in [0.2, 0.25) is 16.0 Å². The van der Waals surface area contributed by atoms with Gasteiger partial charge in [-0.1, -0.05) is 17.7 Å². The maximum Gasteiger partial charge on any atom is 0.277 e. The van der Waals surface area contributed by atoms with Crippen molar-refractivity contribution in [1.82, 2.24) is 19.3 Å². The zero-order valence-electron chi connectivity index (χ0n) is 20.1. The summed E-state index contributed by atoms with van der Waals surface area (Å²) in [5.74, 6) is 0.146. The highest BCUT2D eigenvalue weighted by Gasteiger charge is 2.31. The molecule has 0 radical (unpaired) electrons. The lowest BCUT2D eigenvalue weighted by atomic mass is 9.99. The van der Waals surface area contributed by atoms with Crippen LogP contribution in [0.1, 0.15) is 50.9 Å². The van der Waals surface area contributed by atoms with E-state index in [4.69, 9.17) is 11.6 Å². The molecule has 11 heteroatoms. The Kier molecular flexibility index (Phi) is 6.63. The summed E-state index contributed by atoms with van der Waals surface area (Å²) >= 11 is 7.57. The molecule has 3 heterocycles. The number of amides is 1. The molecule has 2 aromatic carbocycles. The Morgan fingerprint density at radius 1 is 1.08 bits per heavy atom. The van der Waals surface area contributed by atoms with E-state index in [0.29, 0.717) is 42.6 Å². The van der Waals surface area contributed by atoms with Crippen LogP contribution in [-0.4, -0.2) is 46.7 Å². The molecule has 1 saturated heterocycles. The highest BCUT2D eigenvalue weighted by atomic mass is 35.5. The molecule has 0 saturated carbocycles. The van der Waals surface area contributed by atoms with Crippen LogP contribution >= 0.6 is 22.9 Å². The number of carbonyl (C=O) groups excluding carboxylic acids is 1. The standard InChI is InChI=1S/C25H26ClN5O3S2/c1-14-4-5-18(12-19(14)26)36(33,34)31-8-6-17(7-9-31)24-27-22(13-35-24)23(32)30-25-28-20-10-15(2)16(3)11-21(20)29-25/h4-5,10-13,17H,6-9H2,1-3H3,(H2,28,29,30,32). The molecule has 4 aromatic rings. The third kappa shape index (κ3) is 4.78. The second kappa shape index (κ2) is 9.59. The number of sulfonamides is 1. The minimum absolute atomic E-state index is 0.0988. The van der Waals surface area contributed by atoms with Gasteiger partial charge >= 0.3 is 0 Å². The van der Waals surface area contributed by atoms with E-state index in [0.717, 1.165) is 32.7 Å². The van der Waals surface area contributed by atoms with Gasteiger partial charge in [-0.15, -0.1) is 11.3 Å². The Labute approximate surface area is 218 Å². The summed E-state index contributed by atoms with van der Waals surface area (Å²) in [5, 5.41) is 5.81. The Morgan fingerprint density at radius 2 is 1.81 bits per heavy atom. The third-order valence-corrected chi connectivity index (χ3v) is 9.98. The number of hydrogen-bond donors (Lipinski definition) is 2. The van der Waals surface area contributed by atoms with Gasteiger partial charge < -0.3 is 4.98 Å². The lowest BCUT2D eigenvalue weighted by molar-refractivity contribution is 0.102. The number of rotatable bonds is 5. The van der Waals surface area contributed by atoms with Crippen LogP contribution in [0.2, 0.25) is 5.02 Å². The number of hydrogen-bond acceptors (Lipinski definition) is 6. The Bertz CT molecular complexity index is 1530. The molecule has 1 fully saturated rings. The van der Waals surface area contributed by atoms with Gasteiger partial charge in [-0.05, 0) is 74.6 Å². The fourth-order valence-electron chi connectivity index (χ4n) is 4.31. The largest absolute Gasteiger partial charge is 0.324 e. The number of H-pyrrole nitrogens is 1. The minimum atomic E-state index is -3.61. The molecular formula is C25H26ClN5O3S2. The van der Waals surface area contributed by atoms with E-state index in [2.05, 4.69) is 20.3 Å². The molecule has 8 nitrogen and oxygen atoms in total. The highest BCUT2D eigenvalue weighted by Crippen LogP contribution is 2.33. The summed E-state index contributed by atoms with van der Waals surface area (Å²) in [6.45, 7) is 6.67. The van der Waals surface area contributed by atoms with Crippen molar-refractivity contribution in [2.75, 3.05) is 18.4 Å². The van der Waals surface area contributed by atoms with Gasteiger partial charge in [0.25, 0.3) is 5.91 Å². The van der Waals surface area contributed by atoms with Crippen molar-refractivity contribution in [3.05, 3.63) is 68.1 Å². The lowest BCUT2D eigenvalue weighted by Gasteiger charge is -2.30. The summed E-state index contributed by atoms with van der Waals surface area (Å²) < 4.78 is 27.6. The van der Waals surface area contributed by atoms with Gasteiger partial charge in [0, 0.05) is 29.4 Å². The first-order chi connectivity index (χ1) is 17.1. The number of aryl methyl sites for hydroxylation is 3. The van der Waals surface area contributed by atoms with E-state index in [1.165, 1.54) is 21.7 Å². The van der Waals surface area contributed by atoms with Crippen molar-refractivity contribution in [2.45, 2.75) is 44.4 Å². The van der Waals surface area contributed by atoms with Crippen LogP contribution in [0.3, 0.4) is 0 Å². The molecule has 0 atom stereocenters. The molecule has 0 unspecified atom stereocenters. The average Bonchev–Trinajstić information content (AvgIpc) is 3.48. The molecule has 1 aliphatic heterocycles. The number of imidazole rings is 1. The van der Waals surface area contributed by atoms with E-state index >= 15 is 0 Å². The van der Waals surface area contributed by atoms with Crippen molar-refractivity contribution < 1.29 is 13.2 Å². The van der Waals surface area contributed by atoms with Gasteiger partial charge in [0.05, 0.1) is 20.9 Å². The Morgan fingerprint density at radius 3 is 2.53 bits per heavy atom. The Hall–Kier alpha value is -2.79. The average molecular weight is 544 g/mol. The third-order valence-electron chi connectivity index (χ3n) is 6.67. The maximum atomic E-state index is 13.1. The molecule has 2 N–H and O–H groups in total. The zero-order chi connectivity index (χ0) is 25.6. The summed E-state index contributed by atoms with van der Waals surface area (Å²) in [6.07, 6.45) is 1.27. The topological polar surface area (TPSA) is 108 Å². The van der Waals surface area contributed by atoms with Crippen molar-refractivity contribution in [1.29, 1.82) is 0 Å². The number of piperidine rings is 1. The minimum Gasteiger partial charge on any atom is -0.324 e. The SMILES string of the molecule is Cc1cc2nc(NC(=O)c3csc(C4CCN(S(=O)(=O)c5ccc(C)c(Cl)c5)CC4)n3)[nH]c2cc1C. The zero-order valence-corrected chi connectivity index (χ0v) is 22.5. The van der Waals surface area contributed by atoms with Crippen LogP contribution in [0.25, 0.3) is 11.0 Å². The molecule has 36 heavy (non-hydrogen) atoms. The fourth-order valence-corrected chi connectivity index (χ4v) is 7.02. The first-order valence-corrected chi connectivity index (χ1v) is 14.3. The van der Waals surface area contributed by atoms with Crippen LogP contribution in [0, 0.1) is 20.8 Å². The van der Waals surface area contributed by atoms with Crippen LogP contribution in [0.5, 0.6) is 0 Å². The second-order valence-electron chi connectivity index (χ2n) is 9.15. The summed E-state index contributed by atoms with van der Waals surface area (Å²) in [5.41, 5.74) is 5.10. The number of nitrogens with zero attached hydrogens (tertiary/aromatic N) is 3. The predicted octanol–water partition coefficient (Wildman–Crippen LogP) is 5.42. The van der Waals surface area contributed by atoms with E-state index in [1.807, 2.05) is 32.9 Å². The highest BCUT2D eigenvalue weighted by molar-refractivity contribution is 7.89. The van der Waals surface area contributed by atoms with Crippen molar-refractivity contribution in [3.8, 4) is 0 Å². The molecule has 188 valence electrons. The van der Waals surface area contributed by atoms with Crippen LogP contribution < -0.4 is 5.32 Å². The first kappa shape index (κ1) is 24.9. The maximum absolute atomic E-state index is 13.1. The van der Waals surface area contributed by atoms with Gasteiger partial charge in [-0.25, -0.2) is 18.4 Å². The number of thiazole rings is 1. The van der Waals surface area contributed by atoms with Gasteiger partial charge in [-0.3, -0.25) is 10.1 Å². The number of anilines is 1.